The molecule has 5 nitrogen and oxygen atoms in total. The highest BCUT2D eigenvalue weighted by Gasteiger charge is 2.30. The van der Waals surface area contributed by atoms with Crippen LogP contribution in [-0.2, 0) is 14.3 Å². The number of rotatable bonds is 1. The summed E-state index contributed by atoms with van der Waals surface area (Å²) in [5, 5.41) is 2.14. The smallest absolute Gasteiger partial charge is 0.326 e. The molecule has 1 rings (SSSR count). The molecule has 0 spiro atoms. The van der Waals surface area contributed by atoms with E-state index in [1.54, 1.807) is 0 Å². The van der Waals surface area contributed by atoms with Gasteiger partial charge in [-0.25, -0.2) is 0 Å². The maximum absolute atomic E-state index is 10.4. The van der Waals surface area contributed by atoms with Crippen LogP contribution in [0.25, 0.3) is 0 Å². The average Bonchev–Trinajstić information content (AvgIpc) is 2.34. The zero-order valence-electron chi connectivity index (χ0n) is 5.07. The van der Waals surface area contributed by atoms with Crippen LogP contribution in [-0.4, -0.2) is 18.0 Å². The molecule has 0 unspecified atom stereocenters. The fraction of sp³-hybridized carbons (Fsp3) is 0.600. The number of ether oxygens (including phenoxy) is 1. The molecule has 0 bridgehead atoms. The van der Waals surface area contributed by atoms with E-state index in [2.05, 4.69) is 9.91 Å². The van der Waals surface area contributed by atoms with Crippen molar-refractivity contribution >= 4 is 11.9 Å². The molecule has 1 aliphatic rings. The molecule has 1 atom stereocenters. The Morgan fingerprint density at radius 2 is 2.40 bits per heavy atom. The molecule has 1 amide bonds. The molecule has 0 aliphatic carbocycles. The van der Waals surface area contributed by atoms with Crippen LogP contribution in [0.1, 0.15) is 12.8 Å². The van der Waals surface area contributed by atoms with Gasteiger partial charge in [0.15, 0.2) is 6.10 Å². The van der Waals surface area contributed by atoms with Gasteiger partial charge >= 0.3 is 11.9 Å². The summed E-state index contributed by atoms with van der Waals surface area (Å²) >= 11 is 0. The van der Waals surface area contributed by atoms with Gasteiger partial charge in [0.05, 0.1) is 0 Å². The predicted molar refractivity (Wildman–Crippen MR) is 29.9 cm³/mol. The van der Waals surface area contributed by atoms with E-state index in [0.29, 0.717) is 0 Å². The average molecular weight is 143 g/mol. The number of nitroso groups, excluding NO2 is 1. The van der Waals surface area contributed by atoms with Crippen LogP contribution in [0.4, 0.5) is 0 Å². The Hall–Kier alpha value is -1.26. The molecular formula is C5H5NO4. The molecule has 0 N–H and O–H groups in total. The molecule has 1 heterocycles. The third-order valence-corrected chi connectivity index (χ3v) is 1.25. The summed E-state index contributed by atoms with van der Waals surface area (Å²) in [4.78, 5) is 30.4. The number of nitrogens with zero attached hydrogens (tertiary/aromatic N) is 1. The first-order chi connectivity index (χ1) is 4.74. The largest absolute Gasteiger partial charge is 0.452 e. The van der Waals surface area contributed by atoms with Gasteiger partial charge < -0.3 is 4.74 Å². The second kappa shape index (κ2) is 2.55. The lowest BCUT2D eigenvalue weighted by molar-refractivity contribution is -0.146. The first-order valence-corrected chi connectivity index (χ1v) is 2.80. The highest BCUT2D eigenvalue weighted by Crippen LogP contribution is 2.14. The normalized spacial score (nSPS) is 24.0. The van der Waals surface area contributed by atoms with E-state index in [-0.39, 0.29) is 12.8 Å². The van der Waals surface area contributed by atoms with Gasteiger partial charge in [0.25, 0.3) is 0 Å². The maximum atomic E-state index is 10.4. The molecule has 1 saturated heterocycles. The van der Waals surface area contributed by atoms with Crippen molar-refractivity contribution < 1.29 is 14.3 Å². The molecule has 0 aromatic heterocycles. The van der Waals surface area contributed by atoms with Crippen LogP contribution in [0.15, 0.2) is 5.18 Å². The van der Waals surface area contributed by atoms with Crippen molar-refractivity contribution in [1.82, 2.24) is 0 Å². The van der Waals surface area contributed by atoms with Crippen LogP contribution in [0.3, 0.4) is 0 Å². The van der Waals surface area contributed by atoms with E-state index >= 15 is 0 Å². The minimum Gasteiger partial charge on any atom is -0.452 e. The molecule has 10 heavy (non-hydrogen) atoms. The van der Waals surface area contributed by atoms with Crippen LogP contribution in [0.2, 0.25) is 0 Å². The number of hydrogen-bond acceptors (Lipinski definition) is 4. The van der Waals surface area contributed by atoms with E-state index in [0.717, 1.165) is 0 Å². The molecule has 0 aromatic carbocycles. The van der Waals surface area contributed by atoms with E-state index in [1.165, 1.54) is 0 Å². The number of amides is 1. The zero-order valence-corrected chi connectivity index (χ0v) is 5.07. The van der Waals surface area contributed by atoms with Crippen molar-refractivity contribution in [3.63, 3.8) is 0 Å². The number of carbonyl (C=O) groups excluding carboxylic acids is 2. The van der Waals surface area contributed by atoms with Crippen molar-refractivity contribution in [2.75, 3.05) is 0 Å². The van der Waals surface area contributed by atoms with Gasteiger partial charge in [0.1, 0.15) is 0 Å². The molecule has 0 aromatic rings. The quantitative estimate of drug-likeness (QED) is 0.382. The second-order valence-electron chi connectivity index (χ2n) is 1.95. The number of esters is 1. The summed E-state index contributed by atoms with van der Waals surface area (Å²) in [5.41, 5.74) is 0. The number of carbonyl (C=O) groups is 2. The zero-order chi connectivity index (χ0) is 7.56. The first-order valence-electron chi connectivity index (χ1n) is 2.80. The highest BCUT2D eigenvalue weighted by molar-refractivity contribution is 5.86. The summed E-state index contributed by atoms with van der Waals surface area (Å²) in [5.74, 6) is -1.34. The van der Waals surface area contributed by atoms with Gasteiger partial charge in [0.2, 0.25) is 0 Å². The summed E-state index contributed by atoms with van der Waals surface area (Å²) in [6, 6.07) is 0. The van der Waals surface area contributed by atoms with Crippen molar-refractivity contribution in [3.8, 4) is 0 Å². The fourth-order valence-corrected chi connectivity index (χ4v) is 0.758. The predicted octanol–water partition coefficient (Wildman–Crippen LogP) is -0.0150. The van der Waals surface area contributed by atoms with E-state index in [4.69, 9.17) is 0 Å². The van der Waals surface area contributed by atoms with Gasteiger partial charge in [-0.2, -0.15) is 0 Å². The molecule has 54 valence electrons. The molecule has 0 saturated carbocycles. The van der Waals surface area contributed by atoms with Gasteiger partial charge in [-0.15, -0.1) is 4.91 Å². The van der Waals surface area contributed by atoms with E-state index in [9.17, 15) is 14.5 Å². The van der Waals surface area contributed by atoms with Crippen molar-refractivity contribution in [2.45, 2.75) is 18.9 Å². The lowest BCUT2D eigenvalue weighted by atomic mass is 10.2. The van der Waals surface area contributed by atoms with E-state index < -0.39 is 18.0 Å². The van der Waals surface area contributed by atoms with Crippen LogP contribution >= 0.6 is 0 Å². The summed E-state index contributed by atoms with van der Waals surface area (Å²) < 4.78 is 4.43. The first kappa shape index (κ1) is 6.85. The Labute approximate surface area is 56.3 Å². The molecule has 5 heteroatoms. The summed E-state index contributed by atoms with van der Waals surface area (Å²) in [6.07, 6.45) is -0.431. The Balaban J connectivity index is 2.52. The van der Waals surface area contributed by atoms with Gasteiger partial charge in [-0.1, -0.05) is 0 Å². The van der Waals surface area contributed by atoms with E-state index in [1.807, 2.05) is 0 Å². The van der Waals surface area contributed by atoms with Crippen LogP contribution in [0, 0.1) is 4.91 Å². The topological polar surface area (TPSA) is 72.8 Å². The molecular weight excluding hydrogens is 138 g/mol. The van der Waals surface area contributed by atoms with Crippen LogP contribution < -0.4 is 0 Å². The standard InChI is InChI=1S/C5H5NO4/c7-4-2-1-3(10-4)5(8)6-9/h3H,1-2H2/t3-/m1/s1. The Morgan fingerprint density at radius 3 is 2.80 bits per heavy atom. The highest BCUT2D eigenvalue weighted by atomic mass is 16.6. The van der Waals surface area contributed by atoms with Crippen LogP contribution in [0.5, 0.6) is 0 Å². The Bertz CT molecular complexity index is 188. The molecule has 0 radical (unpaired) electrons. The van der Waals surface area contributed by atoms with Gasteiger partial charge in [-0.05, 0) is 0 Å². The number of cyclic esters (lactones) is 1. The van der Waals surface area contributed by atoms with Crippen molar-refractivity contribution in [3.05, 3.63) is 4.91 Å². The summed E-state index contributed by atoms with van der Waals surface area (Å²) in [7, 11) is 0. The van der Waals surface area contributed by atoms with Gasteiger partial charge in [0, 0.05) is 18.0 Å². The van der Waals surface area contributed by atoms with Gasteiger partial charge in [-0.3, -0.25) is 9.59 Å². The SMILES string of the molecule is O=NC(=O)[C@H]1CCC(=O)O1. The minimum atomic E-state index is -0.912. The monoisotopic (exact) mass is 143 g/mol. The van der Waals surface area contributed by atoms with Crippen molar-refractivity contribution in [2.24, 2.45) is 5.18 Å². The molecule has 1 fully saturated rings. The third-order valence-electron chi connectivity index (χ3n) is 1.25. The third kappa shape index (κ3) is 1.18. The lowest BCUT2D eigenvalue weighted by Gasteiger charge is -1.98. The van der Waals surface area contributed by atoms with Crippen molar-refractivity contribution in [1.29, 1.82) is 0 Å². The number of hydrogen-bond donors (Lipinski definition) is 0. The lowest BCUT2D eigenvalue weighted by Crippen LogP contribution is -2.17. The second-order valence-corrected chi connectivity index (χ2v) is 1.95. The Morgan fingerprint density at radius 1 is 1.70 bits per heavy atom. The maximum Gasteiger partial charge on any atom is 0.326 e. The minimum absolute atomic E-state index is 0.200. The fourth-order valence-electron chi connectivity index (χ4n) is 0.758. The molecule has 1 aliphatic heterocycles. The Kier molecular flexibility index (Phi) is 1.75. The summed E-state index contributed by atoms with van der Waals surface area (Å²) in [6.45, 7) is 0.